The molecule has 0 radical (unpaired) electrons. The second-order valence-electron chi connectivity index (χ2n) is 19.8. The Morgan fingerprint density at radius 2 is 1.61 bits per heavy atom. The molecule has 71 heavy (non-hydrogen) atoms. The van der Waals surface area contributed by atoms with Crippen molar-refractivity contribution in [2.45, 2.75) is 111 Å². The van der Waals surface area contributed by atoms with E-state index in [0.29, 0.717) is 29.5 Å². The molecule has 3 aromatic heterocycles. The number of thiazole rings is 1. The van der Waals surface area contributed by atoms with E-state index in [4.69, 9.17) is 9.73 Å². The third kappa shape index (κ3) is 10.1. The maximum Gasteiger partial charge on any atom is 0.306 e. The van der Waals surface area contributed by atoms with Gasteiger partial charge in [-0.05, 0) is 93.1 Å². The average molecular weight is 998 g/mol. The number of hydrogen-bond acceptors (Lipinski definition) is 13. The fraction of sp³-hybridized carbons (Fsp3) is 0.396. The molecule has 0 bridgehead atoms. The number of amides is 3. The molecule has 0 unspecified atom stereocenters. The second kappa shape index (κ2) is 19.8. The zero-order chi connectivity index (χ0) is 50.5. The number of aliphatic imine (C=N–C) groups is 1. The summed E-state index contributed by atoms with van der Waals surface area (Å²) in [5.74, 6) is -0.413. The molecule has 16 nitrogen and oxygen atoms in total. The molecule has 2 saturated heterocycles. The van der Waals surface area contributed by atoms with Crippen LogP contribution in [0, 0.1) is 33.1 Å². The Labute approximate surface area is 420 Å². The third-order valence-corrected chi connectivity index (χ3v) is 15.9. The van der Waals surface area contributed by atoms with E-state index in [1.165, 1.54) is 4.90 Å². The van der Waals surface area contributed by atoms with Crippen molar-refractivity contribution in [3.63, 3.8) is 0 Å². The Morgan fingerprint density at radius 3 is 2.27 bits per heavy atom. The van der Waals surface area contributed by atoms with E-state index in [-0.39, 0.29) is 37.4 Å². The number of fused-ring (bicyclic) bond motifs is 3. The van der Waals surface area contributed by atoms with Crippen LogP contribution in [-0.2, 0) is 14.4 Å². The average Bonchev–Trinajstić information content (AvgIpc) is 4.18. The number of aromatic nitrogens is 4. The van der Waals surface area contributed by atoms with Crippen molar-refractivity contribution >= 4 is 57.8 Å². The lowest BCUT2D eigenvalue weighted by Crippen LogP contribution is -2.57. The van der Waals surface area contributed by atoms with E-state index in [9.17, 15) is 29.4 Å². The van der Waals surface area contributed by atoms with Crippen LogP contribution in [0.15, 0.2) is 83.3 Å². The van der Waals surface area contributed by atoms with Crippen molar-refractivity contribution in [3.8, 4) is 21.2 Å². The number of likely N-dealkylation sites (tertiary alicyclic amines) is 1. The van der Waals surface area contributed by atoms with Crippen LogP contribution in [0.25, 0.3) is 15.4 Å². The van der Waals surface area contributed by atoms with Crippen LogP contribution in [0.3, 0.4) is 0 Å². The summed E-state index contributed by atoms with van der Waals surface area (Å²) in [5, 5.41) is 36.2. The zero-order valence-corrected chi connectivity index (χ0v) is 42.7. The summed E-state index contributed by atoms with van der Waals surface area (Å²) in [5.41, 5.74) is 9.02. The number of carboxylic acids is 1. The molecule has 9 rings (SSSR count). The van der Waals surface area contributed by atoms with Gasteiger partial charge in [-0.15, -0.1) is 32.9 Å². The Bertz CT molecular complexity index is 3010. The van der Waals surface area contributed by atoms with Gasteiger partial charge in [0.25, 0.3) is 5.91 Å². The molecule has 0 spiro atoms. The summed E-state index contributed by atoms with van der Waals surface area (Å²) in [6.07, 6.45) is -0.347. The van der Waals surface area contributed by atoms with Crippen molar-refractivity contribution in [2.75, 3.05) is 24.5 Å². The number of nitrogens with zero attached hydrogens (tertiary/aromatic N) is 7. The van der Waals surface area contributed by atoms with Crippen LogP contribution < -0.4 is 20.3 Å². The summed E-state index contributed by atoms with van der Waals surface area (Å²) in [6, 6.07) is 20.0. The molecular weight excluding hydrogens is 939 g/mol. The third-order valence-electron chi connectivity index (χ3n) is 13.7. The number of aryl methyl sites for hydroxylation is 3. The van der Waals surface area contributed by atoms with Gasteiger partial charge in [0.05, 0.1) is 46.9 Å². The lowest BCUT2D eigenvalue weighted by atomic mass is 9.85. The Morgan fingerprint density at radius 1 is 0.901 bits per heavy atom. The molecule has 2 fully saturated rings. The second-order valence-corrected chi connectivity index (χ2v) is 21.9. The highest BCUT2D eigenvalue weighted by Gasteiger charge is 2.45. The normalized spacial score (nSPS) is 19.6. The number of carbonyl (C=O) groups excluding carboxylic acids is 3. The topological polar surface area (TPSA) is 204 Å². The maximum atomic E-state index is 14.3. The van der Waals surface area contributed by atoms with E-state index in [1.54, 1.807) is 46.9 Å². The van der Waals surface area contributed by atoms with E-state index in [2.05, 4.69) is 56.7 Å². The standard InChI is InChI=1S/C53H59N9O7S2/c1-28-31(4)71-52-44(28)45(56-41(24-43(64)65)48-59-58-32(5)62(48)52)34-13-17-37(18-14-34)60-22-21-40(26-60)69-39-19-15-36(16-20-39)49(66)57-47(53(6,7)8)51(68)61-25-38(63)23-42(61)50(67)55-29(2)33-9-11-35(12-10-33)46-30(3)54-27-70-46/h9-20,27,29,38,40-42,47,63H,21-26H2,1-8H3,(H,55,67)(H,57,66)(H,64,65)/t29-,38+,40-,41-,42-,47+/m0/s1. The lowest BCUT2D eigenvalue weighted by molar-refractivity contribution is -0.142. The van der Waals surface area contributed by atoms with Gasteiger partial charge in [-0.25, -0.2) is 4.98 Å². The van der Waals surface area contributed by atoms with Crippen LogP contribution in [0.5, 0.6) is 5.75 Å². The molecule has 6 heterocycles. The van der Waals surface area contributed by atoms with Gasteiger partial charge in [-0.3, -0.25) is 28.7 Å². The van der Waals surface area contributed by atoms with Crippen LogP contribution in [0.1, 0.15) is 114 Å². The van der Waals surface area contributed by atoms with Crippen LogP contribution in [-0.4, -0.2) is 108 Å². The molecule has 0 aliphatic carbocycles. The number of hydrogen-bond donors (Lipinski definition) is 4. The maximum absolute atomic E-state index is 14.3. The minimum atomic E-state index is -0.993. The van der Waals surface area contributed by atoms with E-state index < -0.39 is 47.4 Å². The molecule has 370 valence electrons. The SMILES string of the molecule is Cc1ncsc1-c1ccc([C@H](C)NC(=O)[C@@H]2C[C@@H](O)CN2C(=O)[C@@H](NC(=O)c2ccc(O[C@H]3CCN(c4ccc(C5=N[C@@H](CC(=O)O)c6nnc(C)n6-c6sc(C)c(C)c65)cc4)C3)cc2)C(C)(C)C)cc1. The molecular formula is C53H59N9O7S2. The first-order valence-electron chi connectivity index (χ1n) is 23.9. The van der Waals surface area contributed by atoms with Gasteiger partial charge in [-0.2, -0.15) is 0 Å². The first-order chi connectivity index (χ1) is 33.8. The Kier molecular flexibility index (Phi) is 13.7. The highest BCUT2D eigenvalue weighted by Crippen LogP contribution is 2.40. The number of benzene rings is 3. The number of aliphatic hydroxyl groups is 1. The summed E-state index contributed by atoms with van der Waals surface area (Å²) in [4.78, 5) is 69.2. The highest BCUT2D eigenvalue weighted by molar-refractivity contribution is 7.15. The summed E-state index contributed by atoms with van der Waals surface area (Å²) >= 11 is 3.20. The Balaban J connectivity index is 0.818. The number of β-amino-alcohol motifs (C(OH)–C–C–N with tert-alkyl or cyclic N) is 1. The van der Waals surface area contributed by atoms with E-state index >= 15 is 0 Å². The summed E-state index contributed by atoms with van der Waals surface area (Å²) in [6.45, 7) is 16.8. The minimum absolute atomic E-state index is 0.0272. The largest absolute Gasteiger partial charge is 0.489 e. The van der Waals surface area contributed by atoms with Gasteiger partial charge >= 0.3 is 5.97 Å². The molecule has 6 atom stereocenters. The van der Waals surface area contributed by atoms with Gasteiger partial charge in [0.15, 0.2) is 5.82 Å². The van der Waals surface area contributed by atoms with Crippen LogP contribution >= 0.6 is 22.7 Å². The number of aliphatic carboxylic acids is 1. The van der Waals surface area contributed by atoms with Crippen molar-refractivity contribution in [2.24, 2.45) is 10.4 Å². The fourth-order valence-electron chi connectivity index (χ4n) is 9.69. The van der Waals surface area contributed by atoms with E-state index in [0.717, 1.165) is 72.6 Å². The smallest absolute Gasteiger partial charge is 0.306 e. The van der Waals surface area contributed by atoms with Crippen molar-refractivity contribution < 1.29 is 34.1 Å². The van der Waals surface area contributed by atoms with Gasteiger partial charge in [0, 0.05) is 53.2 Å². The van der Waals surface area contributed by atoms with Gasteiger partial charge in [0.1, 0.15) is 40.8 Å². The van der Waals surface area contributed by atoms with Crippen LogP contribution in [0.2, 0.25) is 0 Å². The number of aliphatic hydroxyl groups excluding tert-OH is 1. The number of ether oxygens (including phenoxy) is 1. The quantitative estimate of drug-likeness (QED) is 0.0883. The number of nitrogens with one attached hydrogen (secondary N) is 2. The lowest BCUT2D eigenvalue weighted by Gasteiger charge is -2.35. The molecule has 0 saturated carbocycles. The first-order valence-corrected chi connectivity index (χ1v) is 25.6. The number of thiophene rings is 1. The number of rotatable bonds is 13. The predicted octanol–water partition coefficient (Wildman–Crippen LogP) is 7.69. The minimum Gasteiger partial charge on any atom is -0.489 e. The fourth-order valence-corrected chi connectivity index (χ4v) is 11.7. The summed E-state index contributed by atoms with van der Waals surface area (Å²) < 4.78 is 8.37. The van der Waals surface area contributed by atoms with Gasteiger partial charge in [-0.1, -0.05) is 57.2 Å². The van der Waals surface area contributed by atoms with E-state index in [1.807, 2.05) is 88.0 Å². The zero-order valence-electron chi connectivity index (χ0n) is 41.1. The Hall–Kier alpha value is -6.76. The molecule has 3 amide bonds. The molecule has 3 aromatic carbocycles. The number of carbonyl (C=O) groups is 4. The van der Waals surface area contributed by atoms with Gasteiger partial charge < -0.3 is 35.4 Å². The summed E-state index contributed by atoms with van der Waals surface area (Å²) in [7, 11) is 0. The predicted molar refractivity (Wildman–Crippen MR) is 274 cm³/mol. The van der Waals surface area contributed by atoms with Crippen molar-refractivity contribution in [1.29, 1.82) is 0 Å². The number of carboxylic acid groups (broad SMARTS) is 1. The first kappa shape index (κ1) is 49.2. The molecule has 6 aromatic rings. The monoisotopic (exact) mass is 997 g/mol. The van der Waals surface area contributed by atoms with Crippen LogP contribution in [0.4, 0.5) is 5.69 Å². The van der Waals surface area contributed by atoms with Crippen molar-refractivity contribution in [1.82, 2.24) is 35.3 Å². The molecule has 3 aliphatic rings. The molecule has 18 heteroatoms. The molecule has 3 aliphatic heterocycles. The van der Waals surface area contributed by atoms with Crippen molar-refractivity contribution in [3.05, 3.63) is 128 Å². The highest BCUT2D eigenvalue weighted by atomic mass is 32.1. The molecule has 4 N–H and O–H groups in total. The van der Waals surface area contributed by atoms with Gasteiger partial charge in [0.2, 0.25) is 11.8 Å². The number of anilines is 1.